The van der Waals surface area contributed by atoms with Gasteiger partial charge in [0.2, 0.25) is 5.60 Å². The molecule has 0 radical (unpaired) electrons. The van der Waals surface area contributed by atoms with Crippen LogP contribution in [0.25, 0.3) is 0 Å². The number of carbonyl (C=O) groups is 1. The summed E-state index contributed by atoms with van der Waals surface area (Å²) < 4.78 is 65.2. The van der Waals surface area contributed by atoms with Gasteiger partial charge in [-0.05, 0) is 12.1 Å². The highest BCUT2D eigenvalue weighted by molar-refractivity contribution is 5.67. The molecule has 3 nitrogen and oxygen atoms in total. The maximum atomic E-state index is 12.5. The molecule has 0 amide bonds. The fourth-order valence-electron chi connectivity index (χ4n) is 1.21. The molecular weight excluding hydrogens is 263 g/mol. The number of aldehydes is 1. The van der Waals surface area contributed by atoms with Gasteiger partial charge >= 0.3 is 12.8 Å². The summed E-state index contributed by atoms with van der Waals surface area (Å²) in [5, 5.41) is 9.25. The van der Waals surface area contributed by atoms with Crippen LogP contribution in [0.1, 0.15) is 5.56 Å². The number of hydrogen-bond acceptors (Lipinski definition) is 3. The number of carbonyl (C=O) groups excluding carboxylic acids is 1. The van der Waals surface area contributed by atoms with Crippen LogP contribution in [0, 0.1) is 0 Å². The van der Waals surface area contributed by atoms with E-state index in [0.717, 1.165) is 18.2 Å². The highest BCUT2D eigenvalue weighted by atomic mass is 19.4. The average Bonchev–Trinajstić information content (AvgIpc) is 2.25. The molecule has 0 heterocycles. The van der Waals surface area contributed by atoms with E-state index >= 15 is 0 Å². The molecule has 0 aromatic heterocycles. The number of ether oxygens (including phenoxy) is 1. The van der Waals surface area contributed by atoms with Gasteiger partial charge in [-0.3, -0.25) is 4.79 Å². The molecule has 0 fully saturated rings. The number of aliphatic hydroxyl groups is 1. The number of benzene rings is 1. The van der Waals surface area contributed by atoms with E-state index in [1.807, 2.05) is 0 Å². The Morgan fingerprint density at radius 1 is 1.28 bits per heavy atom. The summed E-state index contributed by atoms with van der Waals surface area (Å²) in [6, 6.07) is 3.22. The molecule has 1 atom stereocenters. The predicted octanol–water partition coefficient (Wildman–Crippen LogP) is 2.24. The number of rotatable bonds is 4. The molecule has 18 heavy (non-hydrogen) atoms. The largest absolute Gasteiger partial charge is 0.435 e. The van der Waals surface area contributed by atoms with E-state index in [-0.39, 0.29) is 0 Å². The van der Waals surface area contributed by atoms with Gasteiger partial charge in [0.1, 0.15) is 5.75 Å². The third-order valence-electron chi connectivity index (χ3n) is 2.10. The van der Waals surface area contributed by atoms with Crippen LogP contribution in [0.5, 0.6) is 5.75 Å². The lowest BCUT2D eigenvalue weighted by atomic mass is 9.94. The fraction of sp³-hybridized carbons (Fsp3) is 0.300. The zero-order valence-electron chi connectivity index (χ0n) is 8.62. The molecule has 1 aromatic rings. The van der Waals surface area contributed by atoms with Gasteiger partial charge in [-0.15, -0.1) is 0 Å². The molecule has 0 bridgehead atoms. The SMILES string of the molecule is O=CC(O)(c1cccc(OC(F)F)c1)C(F)(F)F. The standard InChI is InChI=1S/C10H7F5O3/c11-8(12)18-7-3-1-2-6(4-7)9(17,5-16)10(13,14)15/h1-5,8,17H. The van der Waals surface area contributed by atoms with Crippen LogP contribution < -0.4 is 4.74 Å². The van der Waals surface area contributed by atoms with Crippen molar-refractivity contribution in [2.75, 3.05) is 0 Å². The van der Waals surface area contributed by atoms with E-state index in [2.05, 4.69) is 4.74 Å². The second kappa shape index (κ2) is 4.89. The van der Waals surface area contributed by atoms with Crippen LogP contribution in [-0.2, 0) is 10.4 Å². The van der Waals surface area contributed by atoms with Crippen molar-refractivity contribution in [2.45, 2.75) is 18.4 Å². The third-order valence-corrected chi connectivity index (χ3v) is 2.10. The van der Waals surface area contributed by atoms with Crippen molar-refractivity contribution in [2.24, 2.45) is 0 Å². The highest BCUT2D eigenvalue weighted by Crippen LogP contribution is 2.38. The molecule has 1 aromatic carbocycles. The van der Waals surface area contributed by atoms with Crippen molar-refractivity contribution in [3.05, 3.63) is 29.8 Å². The minimum absolute atomic E-state index is 0.522. The molecule has 100 valence electrons. The quantitative estimate of drug-likeness (QED) is 0.674. The topological polar surface area (TPSA) is 46.5 Å². The first kappa shape index (κ1) is 14.4. The Bertz CT molecular complexity index is 432. The van der Waals surface area contributed by atoms with E-state index in [1.54, 1.807) is 0 Å². The van der Waals surface area contributed by atoms with Gasteiger partial charge in [0, 0.05) is 5.56 Å². The van der Waals surface area contributed by atoms with Crippen molar-refractivity contribution in [1.82, 2.24) is 0 Å². The molecule has 0 spiro atoms. The lowest BCUT2D eigenvalue weighted by Gasteiger charge is -2.25. The van der Waals surface area contributed by atoms with Gasteiger partial charge < -0.3 is 9.84 Å². The summed E-state index contributed by atoms with van der Waals surface area (Å²) in [7, 11) is 0. The molecular formula is C10H7F5O3. The van der Waals surface area contributed by atoms with E-state index in [9.17, 15) is 31.9 Å². The summed E-state index contributed by atoms with van der Waals surface area (Å²) in [5.41, 5.74) is -4.66. The van der Waals surface area contributed by atoms with Crippen molar-refractivity contribution < 1.29 is 36.6 Å². The van der Waals surface area contributed by atoms with Gasteiger partial charge in [0.05, 0.1) is 0 Å². The molecule has 0 aliphatic rings. The summed E-state index contributed by atoms with van der Waals surface area (Å²) >= 11 is 0. The molecule has 0 aliphatic carbocycles. The van der Waals surface area contributed by atoms with Crippen LogP contribution in [0.3, 0.4) is 0 Å². The van der Waals surface area contributed by atoms with E-state index in [1.165, 1.54) is 0 Å². The summed E-state index contributed by atoms with van der Waals surface area (Å²) in [6.07, 6.45) is -5.98. The fourth-order valence-corrected chi connectivity index (χ4v) is 1.21. The van der Waals surface area contributed by atoms with Crippen molar-refractivity contribution in [3.63, 3.8) is 0 Å². The highest BCUT2D eigenvalue weighted by Gasteiger charge is 2.55. The zero-order valence-corrected chi connectivity index (χ0v) is 8.62. The van der Waals surface area contributed by atoms with E-state index < -0.39 is 36.0 Å². The Hall–Kier alpha value is -1.70. The molecule has 1 N–H and O–H groups in total. The third kappa shape index (κ3) is 2.76. The normalized spacial score (nSPS) is 15.3. The van der Waals surface area contributed by atoms with Gasteiger partial charge in [-0.2, -0.15) is 22.0 Å². The first-order valence-electron chi connectivity index (χ1n) is 4.51. The number of halogens is 5. The van der Waals surface area contributed by atoms with Crippen LogP contribution in [0.15, 0.2) is 24.3 Å². The molecule has 1 unspecified atom stereocenters. The van der Waals surface area contributed by atoms with E-state index in [4.69, 9.17) is 0 Å². The summed E-state index contributed by atoms with van der Waals surface area (Å²) in [4.78, 5) is 10.4. The van der Waals surface area contributed by atoms with E-state index in [0.29, 0.717) is 6.07 Å². The minimum atomic E-state index is -5.27. The van der Waals surface area contributed by atoms with Gasteiger partial charge in [-0.25, -0.2) is 0 Å². The Labute approximate surface area is 97.8 Å². The number of alkyl halides is 5. The molecule has 0 saturated carbocycles. The van der Waals surface area contributed by atoms with Crippen molar-refractivity contribution >= 4 is 6.29 Å². The van der Waals surface area contributed by atoms with Gasteiger partial charge in [0.15, 0.2) is 6.29 Å². The van der Waals surface area contributed by atoms with Crippen LogP contribution in [0.2, 0.25) is 0 Å². The zero-order chi connectivity index (χ0) is 14.0. The van der Waals surface area contributed by atoms with Crippen molar-refractivity contribution in [1.29, 1.82) is 0 Å². The van der Waals surface area contributed by atoms with Gasteiger partial charge in [-0.1, -0.05) is 12.1 Å². The second-order valence-corrected chi connectivity index (χ2v) is 3.29. The molecule has 0 saturated heterocycles. The minimum Gasteiger partial charge on any atom is -0.435 e. The summed E-state index contributed by atoms with van der Waals surface area (Å²) in [6.45, 7) is -3.23. The van der Waals surface area contributed by atoms with Crippen molar-refractivity contribution in [3.8, 4) is 5.75 Å². The molecule has 1 rings (SSSR count). The Balaban J connectivity index is 3.19. The average molecular weight is 270 g/mol. The first-order chi connectivity index (χ1) is 8.20. The lowest BCUT2D eigenvalue weighted by Crippen LogP contribution is -2.43. The molecule has 8 heteroatoms. The second-order valence-electron chi connectivity index (χ2n) is 3.29. The Kier molecular flexibility index (Phi) is 3.90. The number of hydrogen-bond donors (Lipinski definition) is 1. The van der Waals surface area contributed by atoms with Crippen LogP contribution in [0.4, 0.5) is 22.0 Å². The van der Waals surface area contributed by atoms with Gasteiger partial charge in [0.25, 0.3) is 0 Å². The Morgan fingerprint density at radius 3 is 2.33 bits per heavy atom. The first-order valence-corrected chi connectivity index (χ1v) is 4.51. The van der Waals surface area contributed by atoms with Crippen LogP contribution in [-0.4, -0.2) is 24.2 Å². The maximum Gasteiger partial charge on any atom is 0.428 e. The Morgan fingerprint density at radius 2 is 1.89 bits per heavy atom. The predicted molar refractivity (Wildman–Crippen MR) is 49.1 cm³/mol. The lowest BCUT2D eigenvalue weighted by molar-refractivity contribution is -0.249. The summed E-state index contributed by atoms with van der Waals surface area (Å²) in [5.74, 6) is -0.591. The smallest absolute Gasteiger partial charge is 0.428 e. The monoisotopic (exact) mass is 270 g/mol. The maximum absolute atomic E-state index is 12.5. The van der Waals surface area contributed by atoms with Crippen LogP contribution >= 0.6 is 0 Å². The molecule has 0 aliphatic heterocycles.